The number of rotatable bonds is 12. The van der Waals surface area contributed by atoms with Gasteiger partial charge in [-0.1, -0.05) is 62.4 Å². The monoisotopic (exact) mass is 503 g/mol. The Morgan fingerprint density at radius 2 is 1.43 bits per heavy atom. The summed E-state index contributed by atoms with van der Waals surface area (Å²) in [4.78, 5) is 38.6. The van der Waals surface area contributed by atoms with Crippen molar-refractivity contribution in [1.82, 2.24) is 16.1 Å². The number of amides is 3. The maximum atomic E-state index is 13.4. The van der Waals surface area contributed by atoms with E-state index in [1.807, 2.05) is 44.2 Å². The first-order chi connectivity index (χ1) is 16.6. The number of hydrogen-bond donors (Lipinski definition) is 4. The summed E-state index contributed by atoms with van der Waals surface area (Å²) in [5.74, 6) is -5.29. The fourth-order valence-corrected chi connectivity index (χ4v) is 5.51. The van der Waals surface area contributed by atoms with Crippen molar-refractivity contribution < 1.29 is 28.0 Å². The summed E-state index contributed by atoms with van der Waals surface area (Å²) >= 11 is 0. The van der Waals surface area contributed by atoms with Gasteiger partial charge in [-0.05, 0) is 30.0 Å². The number of hydrogen-bond acceptors (Lipinski definition) is 6. The lowest BCUT2D eigenvalue weighted by molar-refractivity contribution is -0.140. The Bertz CT molecular complexity index is 1090. The topological polar surface area (TPSA) is 142 Å². The highest BCUT2D eigenvalue weighted by atomic mass is 32.2. The Morgan fingerprint density at radius 3 is 1.94 bits per heavy atom. The minimum Gasteiger partial charge on any atom is -0.357 e. The molecule has 3 amide bonds. The van der Waals surface area contributed by atoms with E-state index in [1.165, 1.54) is 24.7 Å². The van der Waals surface area contributed by atoms with Crippen molar-refractivity contribution >= 4 is 27.6 Å². The first-order valence-corrected chi connectivity index (χ1v) is 13.0. The zero-order chi connectivity index (χ0) is 26.0. The van der Waals surface area contributed by atoms with Crippen LogP contribution in [0.5, 0.6) is 0 Å². The lowest BCUT2D eigenvalue weighted by Gasteiger charge is -2.28. The third-order valence-electron chi connectivity index (χ3n) is 5.66. The largest absolute Gasteiger partial charge is 0.357 e. The molecule has 0 saturated carbocycles. The molecule has 0 saturated heterocycles. The Labute approximate surface area is 206 Å². The summed E-state index contributed by atoms with van der Waals surface area (Å²) < 4.78 is 26.1. The molecule has 0 aliphatic carbocycles. The van der Waals surface area contributed by atoms with Crippen molar-refractivity contribution in [2.45, 2.75) is 37.6 Å². The van der Waals surface area contributed by atoms with Gasteiger partial charge in [0, 0.05) is 13.5 Å². The second kappa shape index (κ2) is 13.0. The van der Waals surface area contributed by atoms with E-state index in [1.54, 1.807) is 18.2 Å². The molecule has 0 aliphatic rings. The minimum atomic E-state index is -3.96. The fourth-order valence-electron chi connectivity index (χ4n) is 3.89. The molecule has 190 valence electrons. The molecule has 0 spiro atoms. The van der Waals surface area contributed by atoms with Gasteiger partial charge in [-0.3, -0.25) is 19.6 Å². The van der Waals surface area contributed by atoms with Crippen molar-refractivity contribution in [3.05, 3.63) is 66.2 Å². The zero-order valence-electron chi connectivity index (χ0n) is 20.1. The van der Waals surface area contributed by atoms with Crippen LogP contribution in [0.2, 0.25) is 0 Å². The van der Waals surface area contributed by atoms with Gasteiger partial charge >= 0.3 is 0 Å². The molecule has 0 radical (unpaired) electrons. The molecule has 1 unspecified atom stereocenters. The molecule has 3 atom stereocenters. The number of carbonyl (C=O) groups excluding carboxylic acids is 3. The van der Waals surface area contributed by atoms with Crippen LogP contribution in [-0.2, 0) is 30.6 Å². The first-order valence-electron chi connectivity index (χ1n) is 11.4. The van der Waals surface area contributed by atoms with Gasteiger partial charge in [-0.25, -0.2) is 13.9 Å². The number of benzene rings is 2. The van der Waals surface area contributed by atoms with Gasteiger partial charge in [-0.15, -0.1) is 0 Å². The van der Waals surface area contributed by atoms with Crippen LogP contribution >= 0.6 is 0 Å². The molecule has 10 heteroatoms. The molecule has 2 aromatic carbocycles. The highest BCUT2D eigenvalue weighted by Gasteiger charge is 2.39. The molecule has 9 nitrogen and oxygen atoms in total. The summed E-state index contributed by atoms with van der Waals surface area (Å²) in [6.45, 7) is 3.67. The molecular weight excluding hydrogens is 470 g/mol. The maximum absolute atomic E-state index is 13.4. The van der Waals surface area contributed by atoms with Gasteiger partial charge in [-0.2, -0.15) is 0 Å². The van der Waals surface area contributed by atoms with Crippen molar-refractivity contribution in [2.24, 2.45) is 17.8 Å². The van der Waals surface area contributed by atoms with E-state index in [0.29, 0.717) is 0 Å². The van der Waals surface area contributed by atoms with Crippen LogP contribution in [0.1, 0.15) is 25.8 Å². The molecule has 2 rings (SSSR count). The van der Waals surface area contributed by atoms with Crippen molar-refractivity contribution in [3.63, 3.8) is 0 Å². The minimum absolute atomic E-state index is 0.00626. The van der Waals surface area contributed by atoms with E-state index in [0.717, 1.165) is 5.56 Å². The molecule has 0 heterocycles. The van der Waals surface area contributed by atoms with E-state index in [-0.39, 0.29) is 23.7 Å². The Balaban J connectivity index is 2.37. The third kappa shape index (κ3) is 8.18. The summed E-state index contributed by atoms with van der Waals surface area (Å²) in [7, 11) is -2.51. The van der Waals surface area contributed by atoms with Crippen LogP contribution in [0.3, 0.4) is 0 Å². The van der Waals surface area contributed by atoms with Gasteiger partial charge in [0.2, 0.25) is 17.7 Å². The van der Waals surface area contributed by atoms with Crippen LogP contribution < -0.4 is 16.1 Å². The average molecular weight is 504 g/mol. The standard InChI is InChI=1S/C25H33N3O6S/c1-17(2)14-20(21(24(30)28-32)16-35(33,34)19-12-8-5-9-13-19)23(29)27-22(25(31)26-3)15-18-10-6-4-7-11-18/h4-13,17,20-22,32H,14-16H2,1-3H3,(H,26,31)(H,27,29)(H,28,30)/t20-,21+,22?/m1/s1. The quantitative estimate of drug-likeness (QED) is 0.257. The SMILES string of the molecule is CNC(=O)C(Cc1ccccc1)NC(=O)[C@H](CC(C)C)[C@H](CS(=O)(=O)c1ccccc1)C(=O)NO. The van der Waals surface area contributed by atoms with E-state index >= 15 is 0 Å². The second-order valence-corrected chi connectivity index (χ2v) is 10.8. The van der Waals surface area contributed by atoms with E-state index in [9.17, 15) is 28.0 Å². The second-order valence-electron chi connectivity index (χ2n) is 8.78. The van der Waals surface area contributed by atoms with Gasteiger partial charge < -0.3 is 10.6 Å². The van der Waals surface area contributed by atoms with E-state index < -0.39 is 51.2 Å². The molecule has 0 fully saturated rings. The molecule has 0 aliphatic heterocycles. The van der Waals surface area contributed by atoms with Crippen LogP contribution in [0, 0.1) is 17.8 Å². The molecule has 2 aromatic rings. The number of nitrogens with one attached hydrogen (secondary N) is 3. The predicted octanol–water partition coefficient (Wildman–Crippen LogP) is 1.72. The molecule has 4 N–H and O–H groups in total. The summed E-state index contributed by atoms with van der Waals surface area (Å²) in [6.07, 6.45) is 0.375. The number of hydroxylamine groups is 1. The first kappa shape index (κ1) is 28.0. The van der Waals surface area contributed by atoms with Crippen LogP contribution in [0.4, 0.5) is 0 Å². The van der Waals surface area contributed by atoms with Crippen LogP contribution in [0.15, 0.2) is 65.6 Å². The zero-order valence-corrected chi connectivity index (χ0v) is 20.9. The highest BCUT2D eigenvalue weighted by molar-refractivity contribution is 7.91. The lowest BCUT2D eigenvalue weighted by Crippen LogP contribution is -2.52. The van der Waals surface area contributed by atoms with Crippen LogP contribution in [-0.4, -0.2) is 50.2 Å². The molecule has 35 heavy (non-hydrogen) atoms. The summed E-state index contributed by atoms with van der Waals surface area (Å²) in [5.41, 5.74) is 2.33. The third-order valence-corrected chi connectivity index (χ3v) is 7.45. The van der Waals surface area contributed by atoms with E-state index in [4.69, 9.17) is 0 Å². The molecule has 0 aromatic heterocycles. The smallest absolute Gasteiger partial charge is 0.248 e. The average Bonchev–Trinajstić information content (AvgIpc) is 2.85. The Hall–Kier alpha value is -3.24. The number of likely N-dealkylation sites (N-methyl/N-ethyl adjacent to an activating group) is 1. The van der Waals surface area contributed by atoms with Gasteiger partial charge in [0.1, 0.15) is 6.04 Å². The van der Waals surface area contributed by atoms with Crippen molar-refractivity contribution in [1.29, 1.82) is 0 Å². The maximum Gasteiger partial charge on any atom is 0.248 e. The van der Waals surface area contributed by atoms with Crippen LogP contribution in [0.25, 0.3) is 0 Å². The van der Waals surface area contributed by atoms with Crippen molar-refractivity contribution in [3.8, 4) is 0 Å². The Kier molecular flexibility index (Phi) is 10.4. The summed E-state index contributed by atoms with van der Waals surface area (Å²) in [6, 6.07) is 15.8. The highest BCUT2D eigenvalue weighted by Crippen LogP contribution is 2.26. The number of carbonyl (C=O) groups is 3. The predicted molar refractivity (Wildman–Crippen MR) is 131 cm³/mol. The Morgan fingerprint density at radius 1 is 0.857 bits per heavy atom. The molecular formula is C25H33N3O6S. The van der Waals surface area contributed by atoms with E-state index in [2.05, 4.69) is 10.6 Å². The number of sulfone groups is 1. The summed E-state index contributed by atoms with van der Waals surface area (Å²) in [5, 5.41) is 14.6. The van der Waals surface area contributed by atoms with Gasteiger partial charge in [0.05, 0.1) is 22.5 Å². The van der Waals surface area contributed by atoms with Crippen molar-refractivity contribution in [2.75, 3.05) is 12.8 Å². The fraction of sp³-hybridized carbons (Fsp3) is 0.400. The lowest BCUT2D eigenvalue weighted by atomic mass is 9.84. The molecule has 0 bridgehead atoms. The van der Waals surface area contributed by atoms with Gasteiger partial charge in [0.15, 0.2) is 9.84 Å². The normalized spacial score (nSPS) is 14.0. The van der Waals surface area contributed by atoms with Gasteiger partial charge in [0.25, 0.3) is 0 Å².